The number of aliphatic hydroxyl groups excluding tert-OH is 1. The number of piperidine rings is 1. The van der Waals surface area contributed by atoms with Gasteiger partial charge in [0.25, 0.3) is 5.91 Å². The number of hydrogen-bond donors (Lipinski definition) is 6. The highest BCUT2D eigenvalue weighted by atomic mass is 19.4. The number of carbonyl (C=O) groups excluding carboxylic acids is 3. The molecule has 3 heterocycles. The second-order valence-electron chi connectivity index (χ2n) is 18.0. The molecule has 0 bridgehead atoms. The lowest BCUT2D eigenvalue weighted by molar-refractivity contribution is -0.140. The quantitative estimate of drug-likeness (QED) is 0.0620. The summed E-state index contributed by atoms with van der Waals surface area (Å²) in [4.78, 5) is 43.0. The molecule has 4 aromatic carbocycles. The number of alkyl halides is 3. The standard InChI is InChI=1S/C52H61F3N8O6/c1-33(2)49-51(67)60-39(30-64)24-36-15-17-41(27-46(36)62(49)4)69-31-35-13-11-34(12-14-35)28-57-48(65)29-58-50(66)37-16-18-44(47(25-37)68-5)56-21-7-8-40-26-42-43(59-38-19-22-61(3)23-20-38)9-6-10-45(42)63(40)32-52(53,54)55/h6,9-18,25-27,33,38-39,49,56,59,64H,19-24,28-32H2,1-5H3,(H,57,65)(H,58,66)(H,60,67)/t39-,49-/m0/s1. The Hall–Kier alpha value is -6.90. The Balaban J connectivity index is 0.887. The molecular formula is C52H61F3N8O6. The largest absolute Gasteiger partial charge is 0.495 e. The molecule has 366 valence electrons. The van der Waals surface area contributed by atoms with Crippen molar-refractivity contribution >= 4 is 45.7 Å². The number of halogens is 3. The summed E-state index contributed by atoms with van der Waals surface area (Å²) in [6, 6.07) is 24.6. The summed E-state index contributed by atoms with van der Waals surface area (Å²) in [5.74, 6) is 5.91. The fourth-order valence-corrected chi connectivity index (χ4v) is 8.86. The van der Waals surface area contributed by atoms with Crippen LogP contribution in [0.1, 0.15) is 59.4 Å². The smallest absolute Gasteiger partial charge is 0.406 e. The SMILES string of the molecule is COc1cc(C(=O)NCC(=O)NCc2ccc(COc3ccc4c(c3)N(C)[C@@H](C(C)C)C(=O)N[C@H](CO)C4)cc2)ccc1NCC#Cc1cc2c(NC3CCN(C)CC3)cccc2n1CC(F)(F)F. The number of likely N-dealkylation sites (tertiary alicyclic amines) is 1. The molecule has 0 saturated carbocycles. The van der Waals surface area contributed by atoms with Crippen LogP contribution >= 0.6 is 0 Å². The molecule has 17 heteroatoms. The second-order valence-corrected chi connectivity index (χ2v) is 18.0. The minimum Gasteiger partial charge on any atom is -0.495 e. The van der Waals surface area contributed by atoms with E-state index in [-0.39, 0.29) is 67.3 Å². The molecule has 6 N–H and O–H groups in total. The van der Waals surface area contributed by atoms with Crippen molar-refractivity contribution in [3.05, 3.63) is 113 Å². The lowest BCUT2D eigenvalue weighted by Crippen LogP contribution is -2.54. The Morgan fingerprint density at radius 1 is 0.942 bits per heavy atom. The molecule has 0 spiro atoms. The summed E-state index contributed by atoms with van der Waals surface area (Å²) >= 11 is 0. The van der Waals surface area contributed by atoms with Crippen LogP contribution in [0.25, 0.3) is 10.9 Å². The van der Waals surface area contributed by atoms with Crippen molar-refractivity contribution in [2.45, 2.75) is 77.1 Å². The van der Waals surface area contributed by atoms with E-state index in [0.717, 1.165) is 54.0 Å². The van der Waals surface area contributed by atoms with Crippen molar-refractivity contribution in [2.75, 3.05) is 69.5 Å². The molecule has 0 aliphatic carbocycles. The number of methoxy groups -OCH3 is 1. The van der Waals surface area contributed by atoms with Crippen LogP contribution in [0.3, 0.4) is 0 Å². The van der Waals surface area contributed by atoms with Crippen molar-refractivity contribution in [1.82, 2.24) is 25.4 Å². The number of ether oxygens (including phenoxy) is 2. The van der Waals surface area contributed by atoms with Gasteiger partial charge in [-0.15, -0.1) is 0 Å². The molecular weight excluding hydrogens is 890 g/mol. The molecule has 7 rings (SSSR count). The first kappa shape index (κ1) is 50.0. The van der Waals surface area contributed by atoms with Gasteiger partial charge in [-0.05, 0) is 110 Å². The van der Waals surface area contributed by atoms with Gasteiger partial charge in [0.15, 0.2) is 0 Å². The number of fused-ring (bicyclic) bond motifs is 2. The number of anilines is 3. The first-order chi connectivity index (χ1) is 33.1. The Morgan fingerprint density at radius 3 is 2.41 bits per heavy atom. The zero-order valence-corrected chi connectivity index (χ0v) is 39.6. The molecule has 1 fully saturated rings. The van der Waals surface area contributed by atoms with Crippen LogP contribution in [0.2, 0.25) is 0 Å². The molecule has 2 aliphatic rings. The van der Waals surface area contributed by atoms with Gasteiger partial charge in [0, 0.05) is 48.0 Å². The lowest BCUT2D eigenvalue weighted by Gasteiger charge is -2.37. The fourth-order valence-electron chi connectivity index (χ4n) is 8.86. The molecule has 3 amide bonds. The van der Waals surface area contributed by atoms with Crippen molar-refractivity contribution in [3.63, 3.8) is 0 Å². The number of carbonyl (C=O) groups is 3. The molecule has 5 aromatic rings. The summed E-state index contributed by atoms with van der Waals surface area (Å²) in [5.41, 5.74) is 5.90. The highest BCUT2D eigenvalue weighted by Gasteiger charge is 2.33. The number of aliphatic hydroxyl groups is 1. The van der Waals surface area contributed by atoms with Crippen LogP contribution in [-0.2, 0) is 35.7 Å². The minimum absolute atomic E-state index is 0.0356. The van der Waals surface area contributed by atoms with Crippen LogP contribution in [0.5, 0.6) is 11.5 Å². The molecule has 2 atom stereocenters. The number of amides is 3. The van der Waals surface area contributed by atoms with E-state index < -0.39 is 24.7 Å². The number of nitrogens with one attached hydrogen (secondary N) is 5. The van der Waals surface area contributed by atoms with E-state index in [1.165, 1.54) is 17.7 Å². The Labute approximate surface area is 400 Å². The van der Waals surface area contributed by atoms with Gasteiger partial charge in [-0.25, -0.2) is 0 Å². The predicted octanol–water partition coefficient (Wildman–Crippen LogP) is 6.30. The maximum Gasteiger partial charge on any atom is 0.406 e. The van der Waals surface area contributed by atoms with E-state index in [1.807, 2.05) is 74.3 Å². The van der Waals surface area contributed by atoms with Crippen molar-refractivity contribution in [1.29, 1.82) is 0 Å². The third kappa shape index (κ3) is 13.0. The number of hydrogen-bond acceptors (Lipinski definition) is 10. The van der Waals surface area contributed by atoms with E-state index >= 15 is 0 Å². The lowest BCUT2D eigenvalue weighted by atomic mass is 9.95. The molecule has 14 nitrogen and oxygen atoms in total. The third-order valence-corrected chi connectivity index (χ3v) is 12.5. The number of aromatic nitrogens is 1. The number of rotatable bonds is 16. The highest BCUT2D eigenvalue weighted by molar-refractivity contribution is 5.97. The summed E-state index contributed by atoms with van der Waals surface area (Å²) in [6.07, 6.45) is -2.08. The number of nitrogens with zero attached hydrogens (tertiary/aromatic N) is 3. The van der Waals surface area contributed by atoms with Crippen LogP contribution < -0.4 is 41.0 Å². The average molecular weight is 951 g/mol. The molecule has 0 radical (unpaired) electrons. The average Bonchev–Trinajstić information content (AvgIpc) is 3.67. The zero-order chi connectivity index (χ0) is 49.2. The number of benzene rings is 4. The maximum atomic E-state index is 13.8. The van der Waals surface area contributed by atoms with E-state index in [9.17, 15) is 32.7 Å². The Bertz CT molecular complexity index is 2670. The van der Waals surface area contributed by atoms with Crippen LogP contribution in [0.4, 0.5) is 30.2 Å². The summed E-state index contributed by atoms with van der Waals surface area (Å²) in [7, 11) is 5.42. The topological polar surface area (TPSA) is 161 Å². The summed E-state index contributed by atoms with van der Waals surface area (Å²) < 4.78 is 54.2. The molecule has 1 aromatic heterocycles. The Morgan fingerprint density at radius 2 is 1.70 bits per heavy atom. The summed E-state index contributed by atoms with van der Waals surface area (Å²) in [5, 5.41) is 25.7. The van der Waals surface area contributed by atoms with Gasteiger partial charge in [0.1, 0.15) is 30.7 Å². The first-order valence-electron chi connectivity index (χ1n) is 23.2. The molecule has 1 saturated heterocycles. The Kier molecular flexibility index (Phi) is 16.3. The van der Waals surface area contributed by atoms with Gasteiger partial charge >= 0.3 is 6.18 Å². The van der Waals surface area contributed by atoms with E-state index in [1.54, 1.807) is 30.3 Å². The predicted molar refractivity (Wildman–Crippen MR) is 262 cm³/mol. The molecule has 2 aliphatic heterocycles. The van der Waals surface area contributed by atoms with Crippen molar-refractivity contribution in [3.8, 4) is 23.3 Å². The second kappa shape index (κ2) is 22.5. The zero-order valence-electron chi connectivity index (χ0n) is 39.6. The van der Waals surface area contributed by atoms with E-state index in [0.29, 0.717) is 41.1 Å². The van der Waals surface area contributed by atoms with Crippen LogP contribution in [0, 0.1) is 17.8 Å². The molecule has 69 heavy (non-hydrogen) atoms. The van der Waals surface area contributed by atoms with Crippen LogP contribution in [-0.4, -0.2) is 111 Å². The highest BCUT2D eigenvalue weighted by Crippen LogP contribution is 2.33. The van der Waals surface area contributed by atoms with Gasteiger partial charge in [-0.3, -0.25) is 14.4 Å². The van der Waals surface area contributed by atoms with Crippen LogP contribution in [0.15, 0.2) is 84.9 Å². The minimum atomic E-state index is -4.45. The van der Waals surface area contributed by atoms with E-state index in [4.69, 9.17) is 9.47 Å². The van der Waals surface area contributed by atoms with Crippen molar-refractivity contribution < 1.29 is 42.1 Å². The van der Waals surface area contributed by atoms with Gasteiger partial charge < -0.3 is 55.5 Å². The van der Waals surface area contributed by atoms with Gasteiger partial charge in [-0.2, -0.15) is 13.2 Å². The van der Waals surface area contributed by atoms with Gasteiger partial charge in [-0.1, -0.05) is 56.2 Å². The number of likely N-dealkylation sites (N-methyl/N-ethyl adjacent to an activating group) is 1. The van der Waals surface area contributed by atoms with Gasteiger partial charge in [0.2, 0.25) is 11.8 Å². The van der Waals surface area contributed by atoms with Crippen molar-refractivity contribution in [2.24, 2.45) is 5.92 Å². The van der Waals surface area contributed by atoms with Gasteiger partial charge in [0.05, 0.1) is 49.7 Å². The maximum absolute atomic E-state index is 13.8. The summed E-state index contributed by atoms with van der Waals surface area (Å²) in [6.45, 7) is 4.90. The first-order valence-corrected chi connectivity index (χ1v) is 23.2. The third-order valence-electron chi connectivity index (χ3n) is 12.5. The molecule has 0 unspecified atom stereocenters. The monoisotopic (exact) mass is 950 g/mol. The normalized spacial score (nSPS) is 16.7. The fraction of sp³-hybridized carbons (Fsp3) is 0.404. The van der Waals surface area contributed by atoms with E-state index in [2.05, 4.69) is 50.4 Å².